The molecule has 0 heterocycles. The number of methoxy groups -OCH3 is 2. The van der Waals surface area contributed by atoms with Gasteiger partial charge in [0, 0.05) is 25.6 Å². The number of halogens is 1. The summed E-state index contributed by atoms with van der Waals surface area (Å²) in [5.41, 5.74) is 1.59. The van der Waals surface area contributed by atoms with E-state index in [2.05, 4.69) is 5.32 Å². The first-order valence-electron chi connectivity index (χ1n) is 13.1. The highest BCUT2D eigenvalue weighted by atomic mass is 32.2. The number of benzene rings is 3. The van der Waals surface area contributed by atoms with Crippen molar-refractivity contribution in [2.45, 2.75) is 32.4 Å². The van der Waals surface area contributed by atoms with Crippen molar-refractivity contribution in [3.05, 3.63) is 89.7 Å². The van der Waals surface area contributed by atoms with Gasteiger partial charge in [-0.1, -0.05) is 49.4 Å². The molecule has 3 aromatic carbocycles. The van der Waals surface area contributed by atoms with E-state index in [1.165, 1.54) is 55.5 Å². The topological polar surface area (TPSA) is 105 Å². The van der Waals surface area contributed by atoms with Crippen LogP contribution in [0.4, 0.5) is 10.1 Å². The molecule has 11 heteroatoms. The van der Waals surface area contributed by atoms with Gasteiger partial charge < -0.3 is 19.7 Å². The first-order valence-corrected chi connectivity index (χ1v) is 15.0. The van der Waals surface area contributed by atoms with E-state index in [0.717, 1.165) is 16.1 Å². The third-order valence-corrected chi connectivity index (χ3v) is 7.56. The number of anilines is 1. The summed E-state index contributed by atoms with van der Waals surface area (Å²) in [6.45, 7) is 1.70. The molecular weight excluding hydrogens is 549 g/mol. The first-order chi connectivity index (χ1) is 19.6. The fourth-order valence-electron chi connectivity index (χ4n) is 4.30. The van der Waals surface area contributed by atoms with E-state index >= 15 is 0 Å². The van der Waals surface area contributed by atoms with Crippen molar-refractivity contribution in [3.8, 4) is 11.5 Å². The van der Waals surface area contributed by atoms with Crippen LogP contribution in [-0.4, -0.2) is 64.7 Å². The monoisotopic (exact) mass is 585 g/mol. The number of carbonyl (C=O) groups is 2. The van der Waals surface area contributed by atoms with Crippen molar-refractivity contribution in [2.75, 3.05) is 37.9 Å². The molecule has 1 atom stereocenters. The number of sulfonamides is 1. The Labute approximate surface area is 240 Å². The summed E-state index contributed by atoms with van der Waals surface area (Å²) < 4.78 is 51.1. The number of hydrogen-bond acceptors (Lipinski definition) is 6. The molecule has 0 saturated carbocycles. The molecule has 0 aliphatic carbocycles. The lowest BCUT2D eigenvalue weighted by atomic mass is 10.0. The van der Waals surface area contributed by atoms with Crippen LogP contribution in [0.3, 0.4) is 0 Å². The van der Waals surface area contributed by atoms with Crippen molar-refractivity contribution in [3.63, 3.8) is 0 Å². The normalized spacial score (nSPS) is 11.8. The largest absolute Gasteiger partial charge is 0.493 e. The average molecular weight is 586 g/mol. The summed E-state index contributed by atoms with van der Waals surface area (Å²) in [6, 6.07) is 18.4. The molecule has 0 bridgehead atoms. The maximum atomic E-state index is 14.0. The number of rotatable bonds is 14. The van der Waals surface area contributed by atoms with Gasteiger partial charge in [0.25, 0.3) is 0 Å². The molecule has 0 fully saturated rings. The van der Waals surface area contributed by atoms with Crippen LogP contribution in [0.1, 0.15) is 24.5 Å². The van der Waals surface area contributed by atoms with E-state index in [9.17, 15) is 22.4 Å². The van der Waals surface area contributed by atoms with Crippen LogP contribution in [-0.2, 0) is 32.6 Å². The zero-order valence-corrected chi connectivity index (χ0v) is 24.5. The van der Waals surface area contributed by atoms with Gasteiger partial charge in [-0.2, -0.15) is 0 Å². The van der Waals surface area contributed by atoms with Gasteiger partial charge in [-0.25, -0.2) is 12.8 Å². The Morgan fingerprint density at radius 2 is 1.59 bits per heavy atom. The Bertz CT molecular complexity index is 1420. The number of amides is 2. The van der Waals surface area contributed by atoms with Crippen molar-refractivity contribution < 1.29 is 31.9 Å². The minimum Gasteiger partial charge on any atom is -0.493 e. The Hall–Kier alpha value is -4.12. The van der Waals surface area contributed by atoms with Crippen molar-refractivity contribution in [1.29, 1.82) is 0 Å². The quantitative estimate of drug-likeness (QED) is 0.309. The predicted octanol–water partition coefficient (Wildman–Crippen LogP) is 3.78. The fraction of sp³-hybridized carbons (Fsp3) is 0.333. The summed E-state index contributed by atoms with van der Waals surface area (Å²) in [5, 5.41) is 2.87. The van der Waals surface area contributed by atoms with Gasteiger partial charge in [-0.05, 0) is 41.8 Å². The highest BCUT2D eigenvalue weighted by molar-refractivity contribution is 7.92. The van der Waals surface area contributed by atoms with Crippen LogP contribution in [0.2, 0.25) is 0 Å². The highest BCUT2D eigenvalue weighted by Crippen LogP contribution is 2.32. The summed E-state index contributed by atoms with van der Waals surface area (Å²) >= 11 is 0. The zero-order valence-electron chi connectivity index (χ0n) is 23.7. The van der Waals surface area contributed by atoms with Gasteiger partial charge in [0.15, 0.2) is 11.5 Å². The zero-order chi connectivity index (χ0) is 30.0. The van der Waals surface area contributed by atoms with Gasteiger partial charge in [-0.3, -0.25) is 13.9 Å². The molecule has 3 aromatic rings. The lowest BCUT2D eigenvalue weighted by Gasteiger charge is -2.33. The third-order valence-electron chi connectivity index (χ3n) is 6.42. The van der Waals surface area contributed by atoms with Gasteiger partial charge >= 0.3 is 0 Å². The SMILES string of the molecule is CCCNC(=O)[C@H](Cc1ccccc1)N(Cc1ccc(F)cc1)C(=O)CN(c1ccc(OC)c(OC)c1)S(C)(=O)=O. The maximum absolute atomic E-state index is 14.0. The van der Waals surface area contributed by atoms with E-state index in [1.807, 2.05) is 37.3 Å². The van der Waals surface area contributed by atoms with Crippen LogP contribution in [0.5, 0.6) is 11.5 Å². The second-order valence-corrected chi connectivity index (χ2v) is 11.4. The van der Waals surface area contributed by atoms with E-state index in [1.54, 1.807) is 6.07 Å². The Morgan fingerprint density at radius 1 is 0.927 bits per heavy atom. The number of nitrogens with zero attached hydrogens (tertiary/aromatic N) is 2. The third kappa shape index (κ3) is 8.68. The van der Waals surface area contributed by atoms with Gasteiger partial charge in [0.05, 0.1) is 26.2 Å². The van der Waals surface area contributed by atoms with E-state index in [4.69, 9.17) is 9.47 Å². The fourth-order valence-corrected chi connectivity index (χ4v) is 5.14. The molecule has 1 N–H and O–H groups in total. The van der Waals surface area contributed by atoms with Crippen LogP contribution >= 0.6 is 0 Å². The molecule has 220 valence electrons. The standard InChI is InChI=1S/C30H36FN3O6S/c1-5-17-32-30(36)26(18-22-9-7-6-8-10-22)33(20-23-11-13-24(31)14-12-23)29(35)21-34(41(4,37)38)25-15-16-27(39-2)28(19-25)40-3/h6-16,19,26H,5,17-18,20-21H2,1-4H3,(H,32,36)/t26-/m0/s1. The summed E-state index contributed by atoms with van der Waals surface area (Å²) in [4.78, 5) is 28.9. The van der Waals surface area contributed by atoms with Crippen molar-refractivity contribution in [1.82, 2.24) is 10.2 Å². The Balaban J connectivity index is 2.05. The second kappa shape index (κ2) is 14.5. The second-order valence-electron chi connectivity index (χ2n) is 9.45. The highest BCUT2D eigenvalue weighted by Gasteiger charge is 2.33. The molecule has 41 heavy (non-hydrogen) atoms. The molecule has 0 aromatic heterocycles. The van der Waals surface area contributed by atoms with E-state index < -0.39 is 34.3 Å². The van der Waals surface area contributed by atoms with Crippen LogP contribution in [0.25, 0.3) is 0 Å². The minimum atomic E-state index is -3.95. The minimum absolute atomic E-state index is 0.0420. The maximum Gasteiger partial charge on any atom is 0.244 e. The molecule has 9 nitrogen and oxygen atoms in total. The predicted molar refractivity (Wildman–Crippen MR) is 156 cm³/mol. The van der Waals surface area contributed by atoms with Crippen LogP contribution in [0.15, 0.2) is 72.8 Å². The Kier molecular flexibility index (Phi) is 11.1. The number of ether oxygens (including phenoxy) is 2. The molecule has 0 saturated heterocycles. The van der Waals surface area contributed by atoms with Crippen LogP contribution in [0, 0.1) is 5.82 Å². The number of nitrogens with one attached hydrogen (secondary N) is 1. The van der Waals surface area contributed by atoms with Crippen molar-refractivity contribution in [2.24, 2.45) is 0 Å². The molecule has 3 rings (SSSR count). The molecular formula is C30H36FN3O6S. The lowest BCUT2D eigenvalue weighted by Crippen LogP contribution is -2.53. The van der Waals surface area contributed by atoms with Gasteiger partial charge in [0.1, 0.15) is 18.4 Å². The molecule has 0 aliphatic heterocycles. The van der Waals surface area contributed by atoms with Gasteiger partial charge in [0.2, 0.25) is 21.8 Å². The molecule has 0 radical (unpaired) electrons. The molecule has 0 unspecified atom stereocenters. The first kappa shape index (κ1) is 31.4. The number of carbonyl (C=O) groups excluding carboxylic acids is 2. The van der Waals surface area contributed by atoms with E-state index in [-0.39, 0.29) is 30.3 Å². The smallest absolute Gasteiger partial charge is 0.244 e. The summed E-state index contributed by atoms with van der Waals surface area (Å²) in [5.74, 6) is -0.741. The van der Waals surface area contributed by atoms with Gasteiger partial charge in [-0.15, -0.1) is 0 Å². The Morgan fingerprint density at radius 3 is 2.17 bits per heavy atom. The van der Waals surface area contributed by atoms with E-state index in [0.29, 0.717) is 24.3 Å². The summed E-state index contributed by atoms with van der Waals surface area (Å²) in [6.07, 6.45) is 1.88. The lowest BCUT2D eigenvalue weighted by molar-refractivity contribution is -0.140. The molecule has 0 aliphatic rings. The molecule has 0 spiro atoms. The number of hydrogen-bond donors (Lipinski definition) is 1. The molecule has 2 amide bonds. The average Bonchev–Trinajstić information content (AvgIpc) is 2.96. The summed E-state index contributed by atoms with van der Waals surface area (Å²) in [7, 11) is -1.07. The van der Waals surface area contributed by atoms with Crippen LogP contribution < -0.4 is 19.1 Å². The van der Waals surface area contributed by atoms with Crippen molar-refractivity contribution >= 4 is 27.5 Å².